The van der Waals surface area contributed by atoms with Crippen molar-refractivity contribution in [2.24, 2.45) is 0 Å². The highest BCUT2D eigenvalue weighted by atomic mass is 16.7. The van der Waals surface area contributed by atoms with Gasteiger partial charge in [0.15, 0.2) is 0 Å². The first-order valence-corrected chi connectivity index (χ1v) is 5.78. The Balaban J connectivity index is 2.18. The molecule has 0 radical (unpaired) electrons. The minimum absolute atomic E-state index is 0.0900. The van der Waals surface area contributed by atoms with Crippen LogP contribution < -0.4 is 0 Å². The number of rotatable bonds is 4. The molecule has 0 aromatic carbocycles. The third kappa shape index (κ3) is 5.47. The molecule has 90 valence electrons. The SMILES string of the molecule is CC(C)(C)ON1CCN(CCCO)CC1. The summed E-state index contributed by atoms with van der Waals surface area (Å²) in [6.45, 7) is 11.5. The maximum absolute atomic E-state index is 8.74. The van der Waals surface area contributed by atoms with Crippen LogP contribution in [-0.4, -0.2) is 60.0 Å². The second kappa shape index (κ2) is 5.80. The number of piperazine rings is 1. The smallest absolute Gasteiger partial charge is 0.0815 e. The topological polar surface area (TPSA) is 35.9 Å². The zero-order valence-electron chi connectivity index (χ0n) is 10.2. The summed E-state index contributed by atoms with van der Waals surface area (Å²) >= 11 is 0. The molecule has 0 saturated carbocycles. The summed E-state index contributed by atoms with van der Waals surface area (Å²) in [5.41, 5.74) is -0.0900. The highest BCUT2D eigenvalue weighted by molar-refractivity contribution is 4.69. The van der Waals surface area contributed by atoms with Crippen LogP contribution in [0.3, 0.4) is 0 Å². The lowest BCUT2D eigenvalue weighted by Crippen LogP contribution is -2.48. The second-order valence-electron chi connectivity index (χ2n) is 5.05. The molecule has 4 nitrogen and oxygen atoms in total. The Labute approximate surface area is 92.8 Å². The van der Waals surface area contributed by atoms with Crippen LogP contribution in [0.5, 0.6) is 0 Å². The Morgan fingerprint density at radius 1 is 1.13 bits per heavy atom. The van der Waals surface area contributed by atoms with Gasteiger partial charge in [0, 0.05) is 39.3 Å². The molecule has 0 aromatic rings. The van der Waals surface area contributed by atoms with Crippen LogP contribution in [0.2, 0.25) is 0 Å². The van der Waals surface area contributed by atoms with Crippen molar-refractivity contribution in [1.29, 1.82) is 0 Å². The number of hydrogen-bond acceptors (Lipinski definition) is 4. The first kappa shape index (κ1) is 12.9. The highest BCUT2D eigenvalue weighted by Crippen LogP contribution is 2.12. The van der Waals surface area contributed by atoms with Gasteiger partial charge in [0.2, 0.25) is 0 Å². The van der Waals surface area contributed by atoms with E-state index < -0.39 is 0 Å². The molecular formula is C11H24N2O2. The average molecular weight is 216 g/mol. The predicted octanol–water partition coefficient (Wildman–Crippen LogP) is 0.717. The Kier molecular flexibility index (Phi) is 4.99. The first-order chi connectivity index (χ1) is 7.01. The molecule has 0 spiro atoms. The molecule has 4 heteroatoms. The van der Waals surface area contributed by atoms with Crippen molar-refractivity contribution in [2.75, 3.05) is 39.3 Å². The van der Waals surface area contributed by atoms with Gasteiger partial charge in [0.1, 0.15) is 0 Å². The molecule has 0 unspecified atom stereocenters. The lowest BCUT2D eigenvalue weighted by atomic mass is 10.2. The van der Waals surface area contributed by atoms with E-state index in [1.807, 2.05) is 0 Å². The van der Waals surface area contributed by atoms with Crippen LogP contribution in [-0.2, 0) is 4.84 Å². The van der Waals surface area contributed by atoms with E-state index in [2.05, 4.69) is 30.7 Å². The Hall–Kier alpha value is -0.160. The van der Waals surface area contributed by atoms with Crippen LogP contribution in [0.4, 0.5) is 0 Å². The summed E-state index contributed by atoms with van der Waals surface area (Å²) in [5.74, 6) is 0. The van der Waals surface area contributed by atoms with Gasteiger partial charge in [-0.15, -0.1) is 0 Å². The summed E-state index contributed by atoms with van der Waals surface area (Å²) < 4.78 is 0. The minimum atomic E-state index is -0.0900. The van der Waals surface area contributed by atoms with Crippen LogP contribution in [0.25, 0.3) is 0 Å². The van der Waals surface area contributed by atoms with E-state index in [-0.39, 0.29) is 5.60 Å². The van der Waals surface area contributed by atoms with Gasteiger partial charge in [-0.25, -0.2) is 0 Å². The van der Waals surface area contributed by atoms with Crippen molar-refractivity contribution in [3.8, 4) is 0 Å². The average Bonchev–Trinajstić information content (AvgIpc) is 2.14. The Morgan fingerprint density at radius 2 is 1.73 bits per heavy atom. The molecule has 0 aromatic heterocycles. The van der Waals surface area contributed by atoms with E-state index in [1.165, 1.54) is 0 Å². The molecular weight excluding hydrogens is 192 g/mol. The number of nitrogens with zero attached hydrogens (tertiary/aromatic N) is 2. The summed E-state index contributed by atoms with van der Waals surface area (Å²) in [6.07, 6.45) is 0.875. The zero-order valence-corrected chi connectivity index (χ0v) is 10.2. The van der Waals surface area contributed by atoms with Crippen molar-refractivity contribution in [3.63, 3.8) is 0 Å². The molecule has 0 aliphatic carbocycles. The van der Waals surface area contributed by atoms with Crippen molar-refractivity contribution in [2.45, 2.75) is 32.8 Å². The molecule has 1 heterocycles. The van der Waals surface area contributed by atoms with Gasteiger partial charge in [0.25, 0.3) is 0 Å². The van der Waals surface area contributed by atoms with Gasteiger partial charge < -0.3 is 10.0 Å². The van der Waals surface area contributed by atoms with Crippen molar-refractivity contribution in [1.82, 2.24) is 9.96 Å². The monoisotopic (exact) mass is 216 g/mol. The van der Waals surface area contributed by atoms with Gasteiger partial charge in [-0.3, -0.25) is 4.84 Å². The van der Waals surface area contributed by atoms with Crippen LogP contribution in [0.15, 0.2) is 0 Å². The van der Waals surface area contributed by atoms with Gasteiger partial charge in [-0.05, 0) is 27.2 Å². The maximum Gasteiger partial charge on any atom is 0.0815 e. The first-order valence-electron chi connectivity index (χ1n) is 5.78. The summed E-state index contributed by atoms with van der Waals surface area (Å²) in [6, 6.07) is 0. The third-order valence-electron chi connectivity index (χ3n) is 2.37. The van der Waals surface area contributed by atoms with E-state index in [0.29, 0.717) is 6.61 Å². The lowest BCUT2D eigenvalue weighted by molar-refractivity contribution is -0.240. The summed E-state index contributed by atoms with van der Waals surface area (Å²) in [5, 5.41) is 10.8. The zero-order chi connectivity index (χ0) is 11.3. The largest absolute Gasteiger partial charge is 0.396 e. The Bertz CT molecular complexity index is 172. The van der Waals surface area contributed by atoms with E-state index >= 15 is 0 Å². The van der Waals surface area contributed by atoms with Crippen LogP contribution in [0, 0.1) is 0 Å². The van der Waals surface area contributed by atoms with E-state index in [9.17, 15) is 0 Å². The standard InChI is InChI=1S/C11H24N2O2/c1-11(2,3)15-13-8-6-12(7-9-13)5-4-10-14/h14H,4-10H2,1-3H3. The van der Waals surface area contributed by atoms with Crippen molar-refractivity contribution >= 4 is 0 Å². The highest BCUT2D eigenvalue weighted by Gasteiger charge is 2.21. The predicted molar refractivity (Wildman–Crippen MR) is 60.6 cm³/mol. The van der Waals surface area contributed by atoms with Gasteiger partial charge in [-0.2, -0.15) is 5.06 Å². The van der Waals surface area contributed by atoms with E-state index in [4.69, 9.17) is 9.94 Å². The number of aliphatic hydroxyl groups excluding tert-OH is 1. The van der Waals surface area contributed by atoms with Crippen molar-refractivity contribution < 1.29 is 9.94 Å². The summed E-state index contributed by atoms with van der Waals surface area (Å²) in [4.78, 5) is 8.16. The van der Waals surface area contributed by atoms with E-state index in [0.717, 1.165) is 39.1 Å². The third-order valence-corrected chi connectivity index (χ3v) is 2.37. The fourth-order valence-corrected chi connectivity index (χ4v) is 1.73. The molecule has 15 heavy (non-hydrogen) atoms. The second-order valence-corrected chi connectivity index (χ2v) is 5.05. The molecule has 1 aliphatic heterocycles. The van der Waals surface area contributed by atoms with E-state index in [1.54, 1.807) is 0 Å². The van der Waals surface area contributed by atoms with Crippen molar-refractivity contribution in [3.05, 3.63) is 0 Å². The van der Waals surface area contributed by atoms with Gasteiger partial charge >= 0.3 is 0 Å². The molecule has 1 saturated heterocycles. The number of hydroxylamine groups is 2. The quantitative estimate of drug-likeness (QED) is 0.751. The van der Waals surface area contributed by atoms with Crippen LogP contribution >= 0.6 is 0 Å². The minimum Gasteiger partial charge on any atom is -0.396 e. The Morgan fingerprint density at radius 3 is 2.20 bits per heavy atom. The van der Waals surface area contributed by atoms with Gasteiger partial charge in [0.05, 0.1) is 5.60 Å². The number of hydrogen-bond donors (Lipinski definition) is 1. The fraction of sp³-hybridized carbons (Fsp3) is 1.00. The fourth-order valence-electron chi connectivity index (χ4n) is 1.73. The van der Waals surface area contributed by atoms with Gasteiger partial charge in [-0.1, -0.05) is 0 Å². The summed E-state index contributed by atoms with van der Waals surface area (Å²) in [7, 11) is 0. The molecule has 0 bridgehead atoms. The molecule has 0 atom stereocenters. The molecule has 0 amide bonds. The number of aliphatic hydroxyl groups is 1. The van der Waals surface area contributed by atoms with Crippen LogP contribution in [0.1, 0.15) is 27.2 Å². The molecule has 1 fully saturated rings. The lowest BCUT2D eigenvalue weighted by Gasteiger charge is -2.37. The maximum atomic E-state index is 8.74. The molecule has 1 aliphatic rings. The molecule has 1 N–H and O–H groups in total. The normalized spacial score (nSPS) is 20.8. The molecule has 1 rings (SSSR count).